The van der Waals surface area contributed by atoms with E-state index < -0.39 is 5.97 Å². The number of amides is 1. The van der Waals surface area contributed by atoms with E-state index in [1.165, 1.54) is 5.56 Å². The van der Waals surface area contributed by atoms with Crippen LogP contribution in [0, 0.1) is 0 Å². The molecule has 0 saturated carbocycles. The fraction of sp³-hybridized carbons (Fsp3) is 0.300. The standard InChI is InChI=1S/C20H23NO4/c1-4-15-8-10-18(11-9-15)24-13-19(22)21-17-7-5-6-16(12-17)20(23)25-14(2)3/h5-12,14H,4,13H2,1-3H3,(H,21,22). The topological polar surface area (TPSA) is 64.6 Å². The summed E-state index contributed by atoms with van der Waals surface area (Å²) in [6.07, 6.45) is 0.759. The van der Waals surface area contributed by atoms with Gasteiger partial charge in [0.05, 0.1) is 11.7 Å². The molecule has 0 heterocycles. The van der Waals surface area contributed by atoms with E-state index in [0.717, 1.165) is 6.42 Å². The zero-order valence-electron chi connectivity index (χ0n) is 14.7. The van der Waals surface area contributed by atoms with Crippen LogP contribution in [0.25, 0.3) is 0 Å². The van der Waals surface area contributed by atoms with Gasteiger partial charge in [0, 0.05) is 5.69 Å². The molecule has 0 radical (unpaired) electrons. The molecule has 0 saturated heterocycles. The third kappa shape index (κ3) is 5.95. The third-order valence-corrected chi connectivity index (χ3v) is 3.43. The summed E-state index contributed by atoms with van der Waals surface area (Å²) < 4.78 is 10.6. The Hall–Kier alpha value is -2.82. The number of rotatable bonds is 7. The van der Waals surface area contributed by atoms with Gasteiger partial charge in [0.15, 0.2) is 6.61 Å². The van der Waals surface area contributed by atoms with E-state index in [0.29, 0.717) is 17.0 Å². The van der Waals surface area contributed by atoms with Gasteiger partial charge in [0.1, 0.15) is 5.75 Å². The highest BCUT2D eigenvalue weighted by Crippen LogP contribution is 2.14. The summed E-state index contributed by atoms with van der Waals surface area (Å²) in [7, 11) is 0. The summed E-state index contributed by atoms with van der Waals surface area (Å²) in [6, 6.07) is 14.2. The van der Waals surface area contributed by atoms with Crippen LogP contribution in [0.2, 0.25) is 0 Å². The molecule has 5 nitrogen and oxygen atoms in total. The van der Waals surface area contributed by atoms with E-state index in [9.17, 15) is 9.59 Å². The van der Waals surface area contributed by atoms with Gasteiger partial charge in [-0.15, -0.1) is 0 Å². The van der Waals surface area contributed by atoms with Gasteiger partial charge >= 0.3 is 5.97 Å². The Morgan fingerprint density at radius 2 is 1.80 bits per heavy atom. The molecule has 5 heteroatoms. The van der Waals surface area contributed by atoms with Crippen molar-refractivity contribution in [2.24, 2.45) is 0 Å². The molecule has 0 spiro atoms. The van der Waals surface area contributed by atoms with E-state index in [1.807, 2.05) is 24.3 Å². The van der Waals surface area contributed by atoms with Crippen LogP contribution < -0.4 is 10.1 Å². The Labute approximate surface area is 148 Å². The lowest BCUT2D eigenvalue weighted by Gasteiger charge is -2.10. The maximum Gasteiger partial charge on any atom is 0.338 e. The number of anilines is 1. The first-order valence-electron chi connectivity index (χ1n) is 8.30. The highest BCUT2D eigenvalue weighted by Gasteiger charge is 2.11. The molecule has 0 aliphatic carbocycles. The maximum absolute atomic E-state index is 12.0. The molecule has 0 aliphatic heterocycles. The summed E-state index contributed by atoms with van der Waals surface area (Å²) in [5.41, 5.74) is 2.12. The molecule has 1 amide bonds. The second-order valence-electron chi connectivity index (χ2n) is 5.87. The number of benzene rings is 2. The lowest BCUT2D eigenvalue weighted by molar-refractivity contribution is -0.118. The smallest absolute Gasteiger partial charge is 0.338 e. The molecule has 2 aromatic rings. The highest BCUT2D eigenvalue weighted by molar-refractivity contribution is 5.95. The van der Waals surface area contributed by atoms with E-state index in [2.05, 4.69) is 12.2 Å². The molecule has 0 atom stereocenters. The fourth-order valence-corrected chi connectivity index (χ4v) is 2.17. The Bertz CT molecular complexity index is 723. The monoisotopic (exact) mass is 341 g/mol. The van der Waals surface area contributed by atoms with E-state index in [4.69, 9.17) is 9.47 Å². The minimum Gasteiger partial charge on any atom is -0.484 e. The number of hydrogen-bond acceptors (Lipinski definition) is 4. The summed E-state index contributed by atoms with van der Waals surface area (Å²) in [5.74, 6) is -0.0751. The summed E-state index contributed by atoms with van der Waals surface area (Å²) in [4.78, 5) is 23.9. The van der Waals surface area contributed by atoms with Crippen LogP contribution >= 0.6 is 0 Å². The number of nitrogens with one attached hydrogen (secondary N) is 1. The van der Waals surface area contributed by atoms with Crippen molar-refractivity contribution in [3.8, 4) is 5.75 Å². The minimum absolute atomic E-state index is 0.105. The molecular formula is C20H23NO4. The van der Waals surface area contributed by atoms with Crippen molar-refractivity contribution < 1.29 is 19.1 Å². The lowest BCUT2D eigenvalue weighted by Crippen LogP contribution is -2.20. The minimum atomic E-state index is -0.418. The van der Waals surface area contributed by atoms with Crippen molar-refractivity contribution in [3.05, 3.63) is 59.7 Å². The summed E-state index contributed by atoms with van der Waals surface area (Å²) >= 11 is 0. The third-order valence-electron chi connectivity index (χ3n) is 3.43. The van der Waals surface area contributed by atoms with E-state index in [-0.39, 0.29) is 18.6 Å². The first kappa shape index (κ1) is 18.5. The number of esters is 1. The average molecular weight is 341 g/mol. The van der Waals surface area contributed by atoms with Gasteiger partial charge in [-0.25, -0.2) is 4.79 Å². The molecule has 132 valence electrons. The Morgan fingerprint density at radius 3 is 2.44 bits per heavy atom. The number of carbonyl (C=O) groups is 2. The number of carbonyl (C=O) groups excluding carboxylic acids is 2. The molecule has 0 bridgehead atoms. The van der Waals surface area contributed by atoms with Crippen LogP contribution in [0.1, 0.15) is 36.7 Å². The molecule has 2 aromatic carbocycles. The van der Waals surface area contributed by atoms with Gasteiger partial charge in [-0.1, -0.05) is 25.1 Å². The second-order valence-corrected chi connectivity index (χ2v) is 5.87. The predicted molar refractivity (Wildman–Crippen MR) is 96.9 cm³/mol. The Balaban J connectivity index is 1.90. The van der Waals surface area contributed by atoms with Crippen molar-refractivity contribution >= 4 is 17.6 Å². The van der Waals surface area contributed by atoms with Gasteiger partial charge in [-0.05, 0) is 56.2 Å². The second kappa shape index (κ2) is 8.87. The van der Waals surface area contributed by atoms with Crippen LogP contribution in [-0.4, -0.2) is 24.6 Å². The van der Waals surface area contributed by atoms with Crippen molar-refractivity contribution in [1.29, 1.82) is 0 Å². The van der Waals surface area contributed by atoms with Crippen LogP contribution in [0.3, 0.4) is 0 Å². The Morgan fingerprint density at radius 1 is 1.08 bits per heavy atom. The van der Waals surface area contributed by atoms with Gasteiger partial charge in [0.2, 0.25) is 0 Å². The van der Waals surface area contributed by atoms with Crippen LogP contribution in [0.5, 0.6) is 5.75 Å². The molecule has 0 aromatic heterocycles. The molecule has 0 aliphatic rings. The molecular weight excluding hydrogens is 318 g/mol. The van der Waals surface area contributed by atoms with Gasteiger partial charge in [-0.2, -0.15) is 0 Å². The zero-order chi connectivity index (χ0) is 18.2. The number of aryl methyl sites for hydroxylation is 1. The quantitative estimate of drug-likeness (QED) is 0.777. The van der Waals surface area contributed by atoms with E-state index >= 15 is 0 Å². The first-order valence-corrected chi connectivity index (χ1v) is 8.30. The van der Waals surface area contributed by atoms with Crippen LogP contribution in [0.15, 0.2) is 48.5 Å². The normalized spacial score (nSPS) is 10.4. The summed E-state index contributed by atoms with van der Waals surface area (Å²) in [5, 5.41) is 2.71. The average Bonchev–Trinajstić information content (AvgIpc) is 2.60. The van der Waals surface area contributed by atoms with Crippen molar-refractivity contribution in [3.63, 3.8) is 0 Å². The molecule has 25 heavy (non-hydrogen) atoms. The highest BCUT2D eigenvalue weighted by atomic mass is 16.5. The van der Waals surface area contributed by atoms with Gasteiger partial charge in [0.25, 0.3) is 5.91 Å². The van der Waals surface area contributed by atoms with Crippen molar-refractivity contribution in [1.82, 2.24) is 0 Å². The SMILES string of the molecule is CCc1ccc(OCC(=O)Nc2cccc(C(=O)OC(C)C)c2)cc1. The zero-order valence-corrected chi connectivity index (χ0v) is 14.7. The lowest BCUT2D eigenvalue weighted by atomic mass is 10.2. The van der Waals surface area contributed by atoms with Crippen molar-refractivity contribution in [2.45, 2.75) is 33.3 Å². The van der Waals surface area contributed by atoms with Gasteiger partial charge < -0.3 is 14.8 Å². The number of ether oxygens (including phenoxy) is 2. The van der Waals surface area contributed by atoms with E-state index in [1.54, 1.807) is 38.1 Å². The molecule has 2 rings (SSSR count). The molecule has 1 N–H and O–H groups in total. The molecule has 0 fully saturated rings. The largest absolute Gasteiger partial charge is 0.484 e. The van der Waals surface area contributed by atoms with Crippen LogP contribution in [0.4, 0.5) is 5.69 Å². The summed E-state index contributed by atoms with van der Waals surface area (Å²) in [6.45, 7) is 5.54. The Kier molecular flexibility index (Phi) is 6.57. The molecule has 0 unspecified atom stereocenters. The van der Waals surface area contributed by atoms with Crippen LogP contribution in [-0.2, 0) is 16.0 Å². The predicted octanol–water partition coefficient (Wildman–Crippen LogP) is 3.83. The first-order chi connectivity index (χ1) is 12.0. The fourth-order valence-electron chi connectivity index (χ4n) is 2.17. The maximum atomic E-state index is 12.0. The van der Waals surface area contributed by atoms with Gasteiger partial charge in [-0.3, -0.25) is 4.79 Å². The number of hydrogen-bond donors (Lipinski definition) is 1. The van der Waals surface area contributed by atoms with Crippen molar-refractivity contribution in [2.75, 3.05) is 11.9 Å².